The van der Waals surface area contributed by atoms with Crippen LogP contribution in [0.3, 0.4) is 0 Å². The Balaban J connectivity index is 1.97. The Morgan fingerprint density at radius 2 is 1.83 bits per heavy atom. The van der Waals surface area contributed by atoms with Crippen molar-refractivity contribution < 1.29 is 9.59 Å². The number of hydrogen-bond donors (Lipinski definition) is 2. The maximum Gasteiger partial charge on any atom is 0.319 e. The lowest BCUT2D eigenvalue weighted by atomic mass is 9.86. The number of nitrogens with zero attached hydrogens (tertiary/aromatic N) is 2. The molecule has 0 radical (unpaired) electrons. The normalized spacial score (nSPS) is 22.7. The molecule has 1 heterocycles. The topological polar surface area (TPSA) is 78.7 Å². The second-order valence-electron chi connectivity index (χ2n) is 5.53. The summed E-state index contributed by atoms with van der Waals surface area (Å²) in [6, 6.07) is 0.438. The van der Waals surface area contributed by atoms with E-state index in [-0.39, 0.29) is 11.9 Å². The van der Waals surface area contributed by atoms with Crippen LogP contribution >= 0.6 is 0 Å². The first-order valence-electron chi connectivity index (χ1n) is 6.48. The van der Waals surface area contributed by atoms with E-state index in [1.54, 1.807) is 23.9 Å². The molecule has 2 fully saturated rings. The first-order valence-corrected chi connectivity index (χ1v) is 6.48. The summed E-state index contributed by atoms with van der Waals surface area (Å²) in [5.74, 6) is -0.286. The van der Waals surface area contributed by atoms with Gasteiger partial charge in [0.15, 0.2) is 0 Å². The molecule has 0 aromatic carbocycles. The van der Waals surface area contributed by atoms with Gasteiger partial charge in [0.05, 0.1) is 0 Å². The fraction of sp³-hybridized carbons (Fsp3) is 0.833. The highest BCUT2D eigenvalue weighted by atomic mass is 16.2. The standard InChI is InChI=1S/C12H22N4O2/c1-15(2)11(18)16-7-5-12(6-8-16,10(13)17)14-9-3-4-9/h9,14H,3-8H2,1-2H3,(H2,13,17). The van der Waals surface area contributed by atoms with Crippen LogP contribution in [0, 0.1) is 0 Å². The maximum atomic E-state index is 11.8. The number of carbonyl (C=O) groups excluding carboxylic acids is 2. The Morgan fingerprint density at radius 3 is 2.22 bits per heavy atom. The van der Waals surface area contributed by atoms with E-state index in [4.69, 9.17) is 5.73 Å². The minimum absolute atomic E-state index is 0.000470. The van der Waals surface area contributed by atoms with Gasteiger partial charge in [0.1, 0.15) is 5.54 Å². The smallest absolute Gasteiger partial charge is 0.319 e. The van der Waals surface area contributed by atoms with Crippen molar-refractivity contribution >= 4 is 11.9 Å². The average Bonchev–Trinajstić information content (AvgIpc) is 3.12. The molecule has 3 amide bonds. The van der Waals surface area contributed by atoms with E-state index in [0.29, 0.717) is 32.0 Å². The molecule has 3 N–H and O–H groups in total. The first kappa shape index (κ1) is 13.1. The van der Waals surface area contributed by atoms with Gasteiger partial charge in [-0.15, -0.1) is 0 Å². The Bertz CT molecular complexity index is 344. The van der Waals surface area contributed by atoms with Crippen molar-refractivity contribution in [2.75, 3.05) is 27.2 Å². The quantitative estimate of drug-likeness (QED) is 0.728. The molecule has 102 valence electrons. The van der Waals surface area contributed by atoms with Gasteiger partial charge in [0.25, 0.3) is 0 Å². The molecule has 18 heavy (non-hydrogen) atoms. The lowest BCUT2D eigenvalue weighted by Crippen LogP contribution is -2.62. The molecule has 0 aromatic rings. The van der Waals surface area contributed by atoms with Crippen molar-refractivity contribution in [3.63, 3.8) is 0 Å². The van der Waals surface area contributed by atoms with Crippen LogP contribution in [-0.4, -0.2) is 60.5 Å². The molecule has 1 saturated heterocycles. The van der Waals surface area contributed by atoms with Crippen LogP contribution in [0.1, 0.15) is 25.7 Å². The van der Waals surface area contributed by atoms with Crippen LogP contribution in [0.4, 0.5) is 4.79 Å². The number of urea groups is 1. The molecule has 0 spiro atoms. The van der Waals surface area contributed by atoms with Crippen molar-refractivity contribution in [3.05, 3.63) is 0 Å². The number of nitrogens with one attached hydrogen (secondary N) is 1. The highest BCUT2D eigenvalue weighted by Gasteiger charge is 2.44. The van der Waals surface area contributed by atoms with Crippen LogP contribution in [0.15, 0.2) is 0 Å². The molecular formula is C12H22N4O2. The Hall–Kier alpha value is -1.30. The third-order valence-corrected chi connectivity index (χ3v) is 3.80. The fourth-order valence-electron chi connectivity index (χ4n) is 2.44. The van der Waals surface area contributed by atoms with Gasteiger partial charge >= 0.3 is 6.03 Å². The van der Waals surface area contributed by atoms with Crippen molar-refractivity contribution in [1.82, 2.24) is 15.1 Å². The molecule has 1 saturated carbocycles. The van der Waals surface area contributed by atoms with Gasteiger partial charge in [0.2, 0.25) is 5.91 Å². The number of hydrogen-bond acceptors (Lipinski definition) is 3. The average molecular weight is 254 g/mol. The lowest BCUT2D eigenvalue weighted by molar-refractivity contribution is -0.126. The largest absolute Gasteiger partial charge is 0.368 e. The minimum atomic E-state index is -0.607. The molecule has 2 rings (SSSR count). The molecule has 1 aliphatic heterocycles. The summed E-state index contributed by atoms with van der Waals surface area (Å²) in [6.07, 6.45) is 3.46. The van der Waals surface area contributed by atoms with Gasteiger partial charge < -0.3 is 20.9 Å². The van der Waals surface area contributed by atoms with Gasteiger partial charge in [-0.2, -0.15) is 0 Å². The van der Waals surface area contributed by atoms with E-state index in [9.17, 15) is 9.59 Å². The van der Waals surface area contributed by atoms with Crippen molar-refractivity contribution in [1.29, 1.82) is 0 Å². The maximum absolute atomic E-state index is 11.8. The van der Waals surface area contributed by atoms with Gasteiger partial charge in [-0.1, -0.05) is 0 Å². The molecule has 2 aliphatic rings. The van der Waals surface area contributed by atoms with Crippen LogP contribution in [-0.2, 0) is 4.79 Å². The number of primary amides is 1. The summed E-state index contributed by atoms with van der Waals surface area (Å²) < 4.78 is 0. The van der Waals surface area contributed by atoms with Crippen molar-refractivity contribution in [2.24, 2.45) is 5.73 Å². The van der Waals surface area contributed by atoms with E-state index < -0.39 is 5.54 Å². The highest BCUT2D eigenvalue weighted by Crippen LogP contribution is 2.29. The number of carbonyl (C=O) groups is 2. The summed E-state index contributed by atoms with van der Waals surface area (Å²) in [4.78, 5) is 26.9. The van der Waals surface area contributed by atoms with E-state index in [0.717, 1.165) is 12.8 Å². The third-order valence-electron chi connectivity index (χ3n) is 3.80. The summed E-state index contributed by atoms with van der Waals surface area (Å²) in [7, 11) is 3.47. The van der Waals surface area contributed by atoms with Crippen molar-refractivity contribution in [2.45, 2.75) is 37.3 Å². The number of amides is 3. The van der Waals surface area contributed by atoms with Crippen LogP contribution in [0.25, 0.3) is 0 Å². The first-order chi connectivity index (χ1) is 8.44. The van der Waals surface area contributed by atoms with Crippen LogP contribution in [0.5, 0.6) is 0 Å². The predicted octanol–water partition coefficient (Wildman–Crippen LogP) is -0.260. The van der Waals surface area contributed by atoms with E-state index >= 15 is 0 Å². The second-order valence-corrected chi connectivity index (χ2v) is 5.53. The highest BCUT2D eigenvalue weighted by molar-refractivity contribution is 5.85. The zero-order valence-corrected chi connectivity index (χ0v) is 11.1. The van der Waals surface area contributed by atoms with Crippen LogP contribution in [0.2, 0.25) is 0 Å². The summed E-state index contributed by atoms with van der Waals surface area (Å²) in [5, 5.41) is 3.37. The molecule has 0 aromatic heterocycles. The number of piperidine rings is 1. The number of rotatable bonds is 3. The van der Waals surface area contributed by atoms with E-state index in [1.165, 1.54) is 0 Å². The van der Waals surface area contributed by atoms with Crippen LogP contribution < -0.4 is 11.1 Å². The van der Waals surface area contributed by atoms with E-state index in [2.05, 4.69) is 5.32 Å². The summed E-state index contributed by atoms with van der Waals surface area (Å²) in [5.41, 5.74) is 4.94. The molecule has 1 aliphatic carbocycles. The Morgan fingerprint density at radius 1 is 1.28 bits per heavy atom. The molecule has 0 unspecified atom stereocenters. The monoisotopic (exact) mass is 254 g/mol. The summed E-state index contributed by atoms with van der Waals surface area (Å²) in [6.45, 7) is 1.17. The van der Waals surface area contributed by atoms with Gasteiger partial charge in [-0.25, -0.2) is 4.79 Å². The fourth-order valence-corrected chi connectivity index (χ4v) is 2.44. The van der Waals surface area contributed by atoms with Gasteiger partial charge in [-0.3, -0.25) is 4.79 Å². The lowest BCUT2D eigenvalue weighted by Gasteiger charge is -2.41. The summed E-state index contributed by atoms with van der Waals surface area (Å²) >= 11 is 0. The zero-order chi connectivity index (χ0) is 13.3. The molecule has 0 atom stereocenters. The second kappa shape index (κ2) is 4.76. The Labute approximate surface area is 107 Å². The molecule has 6 heteroatoms. The number of likely N-dealkylation sites (tertiary alicyclic amines) is 1. The molecule has 6 nitrogen and oxygen atoms in total. The van der Waals surface area contributed by atoms with Crippen molar-refractivity contribution in [3.8, 4) is 0 Å². The van der Waals surface area contributed by atoms with Gasteiger partial charge in [0, 0.05) is 33.2 Å². The predicted molar refractivity (Wildman–Crippen MR) is 68.0 cm³/mol. The Kier molecular flexibility index (Phi) is 3.47. The molecular weight excluding hydrogens is 232 g/mol. The SMILES string of the molecule is CN(C)C(=O)N1CCC(NC2CC2)(C(N)=O)CC1. The minimum Gasteiger partial charge on any atom is -0.368 e. The molecule has 0 bridgehead atoms. The third kappa shape index (κ3) is 2.58. The number of nitrogens with two attached hydrogens (primary N) is 1. The van der Waals surface area contributed by atoms with Gasteiger partial charge in [-0.05, 0) is 25.7 Å². The van der Waals surface area contributed by atoms with E-state index in [1.807, 2.05) is 0 Å². The zero-order valence-electron chi connectivity index (χ0n) is 11.1.